The van der Waals surface area contributed by atoms with Crippen molar-refractivity contribution in [3.8, 4) is 11.5 Å². The number of aliphatic hydroxyl groups is 1. The van der Waals surface area contributed by atoms with Crippen molar-refractivity contribution < 1.29 is 9.52 Å². The van der Waals surface area contributed by atoms with Gasteiger partial charge in [-0.1, -0.05) is 0 Å². The van der Waals surface area contributed by atoms with E-state index in [9.17, 15) is 5.11 Å². The van der Waals surface area contributed by atoms with Crippen LogP contribution in [0.2, 0.25) is 0 Å². The molecule has 0 radical (unpaired) electrons. The first-order chi connectivity index (χ1) is 9.22. The van der Waals surface area contributed by atoms with Crippen LogP contribution in [-0.2, 0) is 6.54 Å². The van der Waals surface area contributed by atoms with Crippen LogP contribution >= 0.6 is 0 Å². The Morgan fingerprint density at radius 2 is 2.42 bits per heavy atom. The van der Waals surface area contributed by atoms with Crippen LogP contribution in [0.4, 0.5) is 0 Å². The molecule has 1 aliphatic rings. The SMILES string of the molecule is Cc1ccc(-c2[nH]ncc2CN2CCCC(O)C2)o1. The molecule has 0 aliphatic carbocycles. The highest BCUT2D eigenvalue weighted by Gasteiger charge is 2.20. The number of aromatic nitrogens is 2. The zero-order chi connectivity index (χ0) is 13.2. The summed E-state index contributed by atoms with van der Waals surface area (Å²) < 4.78 is 5.64. The maximum atomic E-state index is 9.71. The first-order valence-corrected chi connectivity index (χ1v) is 6.72. The molecule has 2 N–H and O–H groups in total. The largest absolute Gasteiger partial charge is 0.460 e. The number of piperidine rings is 1. The molecule has 5 heteroatoms. The second-order valence-corrected chi connectivity index (χ2v) is 5.21. The fraction of sp³-hybridized carbons (Fsp3) is 0.500. The zero-order valence-electron chi connectivity index (χ0n) is 11.1. The van der Waals surface area contributed by atoms with Crippen molar-refractivity contribution in [1.29, 1.82) is 0 Å². The van der Waals surface area contributed by atoms with E-state index in [1.807, 2.05) is 25.3 Å². The lowest BCUT2D eigenvalue weighted by atomic mass is 10.1. The molecule has 0 amide bonds. The van der Waals surface area contributed by atoms with Gasteiger partial charge in [-0.15, -0.1) is 0 Å². The summed E-state index contributed by atoms with van der Waals surface area (Å²) in [5, 5.41) is 16.8. The van der Waals surface area contributed by atoms with Crippen LogP contribution in [0.1, 0.15) is 24.2 Å². The van der Waals surface area contributed by atoms with E-state index in [1.165, 1.54) is 0 Å². The summed E-state index contributed by atoms with van der Waals surface area (Å²) in [6.45, 7) is 4.49. The Hall–Kier alpha value is -1.59. The summed E-state index contributed by atoms with van der Waals surface area (Å²) in [4.78, 5) is 2.26. The van der Waals surface area contributed by atoms with E-state index in [1.54, 1.807) is 0 Å². The summed E-state index contributed by atoms with van der Waals surface area (Å²) in [6, 6.07) is 3.90. The number of rotatable bonds is 3. The van der Waals surface area contributed by atoms with Crippen LogP contribution in [-0.4, -0.2) is 39.4 Å². The smallest absolute Gasteiger partial charge is 0.152 e. The molecule has 1 atom stereocenters. The van der Waals surface area contributed by atoms with Crippen LogP contribution in [0.3, 0.4) is 0 Å². The summed E-state index contributed by atoms with van der Waals surface area (Å²) in [5.74, 6) is 1.71. The fourth-order valence-electron chi connectivity index (χ4n) is 2.63. The van der Waals surface area contributed by atoms with Gasteiger partial charge in [-0.05, 0) is 38.4 Å². The Balaban J connectivity index is 1.77. The first-order valence-electron chi connectivity index (χ1n) is 6.72. The van der Waals surface area contributed by atoms with Crippen molar-refractivity contribution >= 4 is 0 Å². The van der Waals surface area contributed by atoms with E-state index in [-0.39, 0.29) is 6.10 Å². The number of nitrogens with zero attached hydrogens (tertiary/aromatic N) is 2. The summed E-state index contributed by atoms with van der Waals surface area (Å²) in [6.07, 6.45) is 3.60. The number of aromatic amines is 1. The molecule has 5 nitrogen and oxygen atoms in total. The van der Waals surface area contributed by atoms with E-state index >= 15 is 0 Å². The van der Waals surface area contributed by atoms with E-state index in [4.69, 9.17) is 4.42 Å². The van der Waals surface area contributed by atoms with Gasteiger partial charge < -0.3 is 9.52 Å². The van der Waals surface area contributed by atoms with Gasteiger partial charge in [-0.2, -0.15) is 5.10 Å². The topological polar surface area (TPSA) is 65.3 Å². The zero-order valence-corrected chi connectivity index (χ0v) is 11.1. The van der Waals surface area contributed by atoms with E-state index < -0.39 is 0 Å². The molecular weight excluding hydrogens is 242 g/mol. The van der Waals surface area contributed by atoms with Gasteiger partial charge in [0.05, 0.1) is 12.3 Å². The van der Waals surface area contributed by atoms with Gasteiger partial charge >= 0.3 is 0 Å². The summed E-state index contributed by atoms with van der Waals surface area (Å²) in [7, 11) is 0. The highest BCUT2D eigenvalue weighted by atomic mass is 16.3. The number of likely N-dealkylation sites (tertiary alicyclic amines) is 1. The highest BCUT2D eigenvalue weighted by molar-refractivity contribution is 5.56. The van der Waals surface area contributed by atoms with Crippen molar-refractivity contribution in [3.63, 3.8) is 0 Å². The lowest BCUT2D eigenvalue weighted by molar-refractivity contribution is 0.0669. The van der Waals surface area contributed by atoms with Crippen LogP contribution < -0.4 is 0 Å². The first kappa shape index (κ1) is 12.4. The van der Waals surface area contributed by atoms with Gasteiger partial charge in [0.2, 0.25) is 0 Å². The molecule has 1 saturated heterocycles. The number of β-amino-alcohol motifs (C(OH)–C–C–N with tert-alkyl or cyclic N) is 1. The number of hydrogen-bond acceptors (Lipinski definition) is 4. The average molecular weight is 261 g/mol. The Morgan fingerprint density at radius 1 is 1.53 bits per heavy atom. The molecule has 3 heterocycles. The Kier molecular flexibility index (Phi) is 3.40. The number of aryl methyl sites for hydroxylation is 1. The molecule has 102 valence electrons. The monoisotopic (exact) mass is 261 g/mol. The Labute approximate surface area is 112 Å². The molecule has 0 aromatic carbocycles. The van der Waals surface area contributed by atoms with Gasteiger partial charge in [0.25, 0.3) is 0 Å². The van der Waals surface area contributed by atoms with Gasteiger partial charge in [-0.3, -0.25) is 10.00 Å². The molecule has 2 aromatic heterocycles. The fourth-order valence-corrected chi connectivity index (χ4v) is 2.63. The lowest BCUT2D eigenvalue weighted by Gasteiger charge is -2.29. The van der Waals surface area contributed by atoms with Crippen LogP contribution in [0.25, 0.3) is 11.5 Å². The Morgan fingerprint density at radius 3 is 3.16 bits per heavy atom. The molecular formula is C14H19N3O2. The van der Waals surface area contributed by atoms with E-state index in [0.717, 1.165) is 55.3 Å². The van der Waals surface area contributed by atoms with Gasteiger partial charge in [0.1, 0.15) is 11.5 Å². The Bertz CT molecular complexity index is 546. The molecule has 19 heavy (non-hydrogen) atoms. The second kappa shape index (κ2) is 5.19. The van der Waals surface area contributed by atoms with Gasteiger partial charge in [0, 0.05) is 18.7 Å². The minimum absolute atomic E-state index is 0.199. The predicted octanol–water partition coefficient (Wildman–Crippen LogP) is 1.93. The quantitative estimate of drug-likeness (QED) is 0.886. The van der Waals surface area contributed by atoms with Crippen molar-refractivity contribution in [1.82, 2.24) is 15.1 Å². The lowest BCUT2D eigenvalue weighted by Crippen LogP contribution is -2.37. The normalized spacial score (nSPS) is 20.8. The second-order valence-electron chi connectivity index (χ2n) is 5.21. The molecule has 1 aliphatic heterocycles. The van der Waals surface area contributed by atoms with Crippen LogP contribution in [0.15, 0.2) is 22.7 Å². The van der Waals surface area contributed by atoms with Crippen molar-refractivity contribution in [3.05, 3.63) is 29.7 Å². The molecule has 0 saturated carbocycles. The number of hydrogen-bond donors (Lipinski definition) is 2. The summed E-state index contributed by atoms with van der Waals surface area (Å²) >= 11 is 0. The molecule has 0 bridgehead atoms. The highest BCUT2D eigenvalue weighted by Crippen LogP contribution is 2.25. The average Bonchev–Trinajstić information content (AvgIpc) is 2.98. The summed E-state index contributed by atoms with van der Waals surface area (Å²) in [5.41, 5.74) is 2.05. The number of aliphatic hydroxyl groups excluding tert-OH is 1. The molecule has 3 rings (SSSR count). The maximum Gasteiger partial charge on any atom is 0.152 e. The minimum Gasteiger partial charge on any atom is -0.460 e. The molecule has 2 aromatic rings. The van der Waals surface area contributed by atoms with E-state index in [2.05, 4.69) is 15.1 Å². The number of H-pyrrole nitrogens is 1. The molecule has 0 spiro atoms. The predicted molar refractivity (Wildman–Crippen MR) is 71.5 cm³/mol. The minimum atomic E-state index is -0.199. The van der Waals surface area contributed by atoms with Crippen LogP contribution in [0, 0.1) is 6.92 Å². The third-order valence-corrected chi connectivity index (χ3v) is 3.58. The van der Waals surface area contributed by atoms with Gasteiger partial charge in [-0.25, -0.2) is 0 Å². The number of nitrogens with one attached hydrogen (secondary N) is 1. The van der Waals surface area contributed by atoms with E-state index in [0.29, 0.717) is 0 Å². The van der Waals surface area contributed by atoms with Crippen molar-refractivity contribution in [2.75, 3.05) is 13.1 Å². The third kappa shape index (κ3) is 2.72. The van der Waals surface area contributed by atoms with Gasteiger partial charge in [0.15, 0.2) is 5.76 Å². The van der Waals surface area contributed by atoms with Crippen molar-refractivity contribution in [2.24, 2.45) is 0 Å². The van der Waals surface area contributed by atoms with Crippen molar-refractivity contribution in [2.45, 2.75) is 32.4 Å². The third-order valence-electron chi connectivity index (χ3n) is 3.58. The number of furan rings is 1. The van der Waals surface area contributed by atoms with Crippen LogP contribution in [0.5, 0.6) is 0 Å². The maximum absolute atomic E-state index is 9.71. The molecule has 1 unspecified atom stereocenters. The molecule has 1 fully saturated rings. The standard InChI is InChI=1S/C14H19N3O2/c1-10-4-5-13(19-10)14-11(7-15-16-14)8-17-6-2-3-12(18)9-17/h4-5,7,12,18H,2-3,6,8-9H2,1H3,(H,15,16).